The predicted molar refractivity (Wildman–Crippen MR) is 74.4 cm³/mol. The average Bonchev–Trinajstić information content (AvgIpc) is 2.42. The number of rotatable bonds is 3. The van der Waals surface area contributed by atoms with Crippen LogP contribution in [-0.2, 0) is 4.79 Å². The lowest BCUT2D eigenvalue weighted by Gasteiger charge is -2.31. The third-order valence-corrected chi connectivity index (χ3v) is 4.52. The van der Waals surface area contributed by atoms with E-state index < -0.39 is 29.2 Å². The molecule has 3 nitrogen and oxygen atoms in total. The lowest BCUT2D eigenvalue weighted by Crippen LogP contribution is -2.49. The van der Waals surface area contributed by atoms with Crippen molar-refractivity contribution >= 4 is 17.7 Å². The fourth-order valence-electron chi connectivity index (χ4n) is 2.13. The van der Waals surface area contributed by atoms with Crippen molar-refractivity contribution in [3.05, 3.63) is 35.4 Å². The molecule has 1 saturated heterocycles. The van der Waals surface area contributed by atoms with Crippen LogP contribution in [-0.4, -0.2) is 28.1 Å². The highest BCUT2D eigenvalue weighted by molar-refractivity contribution is 7.99. The van der Waals surface area contributed by atoms with Crippen molar-refractivity contribution in [3.8, 4) is 0 Å². The minimum absolute atomic E-state index is 0.411. The molecule has 0 aromatic heterocycles. The Hall–Kier alpha value is -1.14. The van der Waals surface area contributed by atoms with E-state index in [1.807, 2.05) is 0 Å². The van der Waals surface area contributed by atoms with E-state index in [4.69, 9.17) is 0 Å². The summed E-state index contributed by atoms with van der Waals surface area (Å²) in [5.41, 5.74) is -0.885. The summed E-state index contributed by atoms with van der Waals surface area (Å²) in [4.78, 5) is 12.1. The molecule has 1 aromatic rings. The summed E-state index contributed by atoms with van der Waals surface area (Å²) >= 11 is 1.70. The molecule has 1 amide bonds. The number of carbonyl (C=O) groups is 1. The van der Waals surface area contributed by atoms with Gasteiger partial charge in [-0.25, -0.2) is 8.78 Å². The van der Waals surface area contributed by atoms with E-state index in [1.165, 1.54) is 6.07 Å². The zero-order valence-corrected chi connectivity index (χ0v) is 12.0. The highest BCUT2D eigenvalue weighted by atomic mass is 32.2. The number of thioether (sulfide) groups is 1. The van der Waals surface area contributed by atoms with Crippen molar-refractivity contribution in [1.29, 1.82) is 0 Å². The van der Waals surface area contributed by atoms with E-state index in [0.717, 1.165) is 23.6 Å². The van der Waals surface area contributed by atoms with Crippen LogP contribution in [0.15, 0.2) is 18.2 Å². The predicted octanol–water partition coefficient (Wildman–Crippen LogP) is 2.40. The van der Waals surface area contributed by atoms with Gasteiger partial charge in [0, 0.05) is 0 Å². The van der Waals surface area contributed by atoms with Crippen molar-refractivity contribution in [2.24, 2.45) is 0 Å². The molecular formula is C14H17F2NO2S. The van der Waals surface area contributed by atoms with Gasteiger partial charge in [0.2, 0.25) is 0 Å². The first kappa shape index (κ1) is 15.3. The Bertz CT molecular complexity index is 504. The van der Waals surface area contributed by atoms with Crippen LogP contribution >= 0.6 is 11.8 Å². The molecule has 0 saturated carbocycles. The fourth-order valence-corrected chi connectivity index (χ4v) is 3.30. The van der Waals surface area contributed by atoms with Gasteiger partial charge in [0.05, 0.1) is 6.04 Å². The number of halogens is 2. The van der Waals surface area contributed by atoms with Crippen LogP contribution in [0.1, 0.15) is 31.4 Å². The van der Waals surface area contributed by atoms with E-state index in [0.29, 0.717) is 18.4 Å². The summed E-state index contributed by atoms with van der Waals surface area (Å²) in [5, 5.41) is 12.9. The Morgan fingerprint density at radius 2 is 2.00 bits per heavy atom. The SMILES string of the molecule is CC(NC(=O)C1(O)CCSCC1)c1ccc(F)c(F)c1. The van der Waals surface area contributed by atoms with E-state index in [1.54, 1.807) is 18.7 Å². The molecule has 0 bridgehead atoms. The van der Waals surface area contributed by atoms with Gasteiger partial charge in [-0.15, -0.1) is 0 Å². The van der Waals surface area contributed by atoms with Gasteiger partial charge in [-0.3, -0.25) is 4.79 Å². The molecule has 0 spiro atoms. The molecule has 1 aromatic carbocycles. The van der Waals surface area contributed by atoms with Crippen LogP contribution in [0.4, 0.5) is 8.78 Å². The number of hydrogen-bond acceptors (Lipinski definition) is 3. The minimum atomic E-state index is -1.35. The fraction of sp³-hybridized carbons (Fsp3) is 0.500. The summed E-state index contributed by atoms with van der Waals surface area (Å²) in [6, 6.07) is 3.01. The molecule has 1 aliphatic rings. The second-order valence-corrected chi connectivity index (χ2v) is 6.24. The smallest absolute Gasteiger partial charge is 0.252 e. The van der Waals surface area contributed by atoms with Crippen LogP contribution in [0.3, 0.4) is 0 Å². The van der Waals surface area contributed by atoms with E-state index in [9.17, 15) is 18.7 Å². The second kappa shape index (κ2) is 6.10. The van der Waals surface area contributed by atoms with Gasteiger partial charge in [0.1, 0.15) is 5.60 Å². The first-order chi connectivity index (χ1) is 9.42. The molecular weight excluding hydrogens is 284 g/mol. The third-order valence-electron chi connectivity index (χ3n) is 3.53. The summed E-state index contributed by atoms with van der Waals surface area (Å²) in [7, 11) is 0. The summed E-state index contributed by atoms with van der Waals surface area (Å²) in [6.07, 6.45) is 0.821. The molecule has 2 N–H and O–H groups in total. The molecule has 1 unspecified atom stereocenters. The zero-order chi connectivity index (χ0) is 14.8. The molecule has 6 heteroatoms. The van der Waals surface area contributed by atoms with E-state index in [2.05, 4.69) is 5.32 Å². The Balaban J connectivity index is 2.04. The zero-order valence-electron chi connectivity index (χ0n) is 11.2. The van der Waals surface area contributed by atoms with Gasteiger partial charge in [-0.05, 0) is 49.0 Å². The van der Waals surface area contributed by atoms with Crippen LogP contribution in [0.2, 0.25) is 0 Å². The number of aliphatic hydroxyl groups is 1. The number of nitrogens with one attached hydrogen (secondary N) is 1. The number of hydrogen-bond donors (Lipinski definition) is 2. The normalized spacial score (nSPS) is 19.4. The van der Waals surface area contributed by atoms with Crippen LogP contribution in [0, 0.1) is 11.6 Å². The highest BCUT2D eigenvalue weighted by Gasteiger charge is 2.37. The molecule has 1 atom stereocenters. The third kappa shape index (κ3) is 3.30. The molecule has 20 heavy (non-hydrogen) atoms. The Kier molecular flexibility index (Phi) is 4.65. The standard InChI is InChI=1S/C14H17F2NO2S/c1-9(10-2-3-11(15)12(16)8-10)17-13(18)14(19)4-6-20-7-5-14/h2-3,8-9,19H,4-7H2,1H3,(H,17,18). The van der Waals surface area contributed by atoms with Gasteiger partial charge < -0.3 is 10.4 Å². The van der Waals surface area contributed by atoms with Gasteiger partial charge >= 0.3 is 0 Å². The molecule has 0 radical (unpaired) electrons. The lowest BCUT2D eigenvalue weighted by atomic mass is 9.95. The molecule has 1 heterocycles. The van der Waals surface area contributed by atoms with Crippen LogP contribution < -0.4 is 5.32 Å². The maximum atomic E-state index is 13.2. The maximum absolute atomic E-state index is 13.2. The van der Waals surface area contributed by atoms with Crippen molar-refractivity contribution in [3.63, 3.8) is 0 Å². The van der Waals surface area contributed by atoms with Crippen LogP contribution in [0.25, 0.3) is 0 Å². The maximum Gasteiger partial charge on any atom is 0.252 e. The number of carbonyl (C=O) groups excluding carboxylic acids is 1. The van der Waals surface area contributed by atoms with Crippen molar-refractivity contribution in [1.82, 2.24) is 5.32 Å². The Morgan fingerprint density at radius 1 is 1.35 bits per heavy atom. The van der Waals surface area contributed by atoms with Gasteiger partial charge in [0.25, 0.3) is 5.91 Å². The largest absolute Gasteiger partial charge is 0.380 e. The molecule has 1 aliphatic heterocycles. The van der Waals surface area contributed by atoms with Crippen molar-refractivity contribution < 1.29 is 18.7 Å². The van der Waals surface area contributed by atoms with Gasteiger partial charge in [-0.2, -0.15) is 11.8 Å². The first-order valence-electron chi connectivity index (χ1n) is 6.48. The number of amides is 1. The van der Waals surface area contributed by atoms with Crippen LogP contribution in [0.5, 0.6) is 0 Å². The molecule has 0 aliphatic carbocycles. The summed E-state index contributed by atoms with van der Waals surface area (Å²) < 4.78 is 26.0. The van der Waals surface area contributed by atoms with Crippen molar-refractivity contribution in [2.45, 2.75) is 31.4 Å². The molecule has 1 fully saturated rings. The minimum Gasteiger partial charge on any atom is -0.380 e. The van der Waals surface area contributed by atoms with E-state index in [-0.39, 0.29) is 0 Å². The Labute approximate surface area is 120 Å². The van der Waals surface area contributed by atoms with Crippen molar-refractivity contribution in [2.75, 3.05) is 11.5 Å². The topological polar surface area (TPSA) is 49.3 Å². The quantitative estimate of drug-likeness (QED) is 0.901. The second-order valence-electron chi connectivity index (χ2n) is 5.01. The molecule has 2 rings (SSSR count). The monoisotopic (exact) mass is 301 g/mol. The first-order valence-corrected chi connectivity index (χ1v) is 7.64. The number of benzene rings is 1. The Morgan fingerprint density at radius 3 is 2.60 bits per heavy atom. The van der Waals surface area contributed by atoms with E-state index >= 15 is 0 Å². The lowest BCUT2D eigenvalue weighted by molar-refractivity contribution is -0.141. The summed E-state index contributed by atoms with van der Waals surface area (Å²) in [6.45, 7) is 1.67. The van der Waals surface area contributed by atoms with Gasteiger partial charge in [0.15, 0.2) is 11.6 Å². The highest BCUT2D eigenvalue weighted by Crippen LogP contribution is 2.28. The average molecular weight is 301 g/mol. The van der Waals surface area contributed by atoms with Gasteiger partial charge in [-0.1, -0.05) is 6.07 Å². The summed E-state index contributed by atoms with van der Waals surface area (Å²) in [5.74, 6) is -0.839. The molecule has 110 valence electrons.